The summed E-state index contributed by atoms with van der Waals surface area (Å²) in [4.78, 5) is 16.2. The number of β-amino-alcohol motifs (C(OH)–C–C–N with tert-alkyl or cyclic N) is 1. The molecule has 2 N–H and O–H groups in total. The predicted molar refractivity (Wildman–Crippen MR) is 133 cm³/mol. The zero-order valence-electron chi connectivity index (χ0n) is 19.0. The molecule has 4 aromatic rings. The number of aliphatic hydroxyl groups is 1. The second kappa shape index (κ2) is 8.46. The summed E-state index contributed by atoms with van der Waals surface area (Å²) in [6, 6.07) is 8.16. The fourth-order valence-electron chi connectivity index (χ4n) is 4.75. The third-order valence-electron chi connectivity index (χ3n) is 6.46. The van der Waals surface area contributed by atoms with Crippen LogP contribution in [-0.2, 0) is 6.42 Å². The van der Waals surface area contributed by atoms with Gasteiger partial charge in [0.15, 0.2) is 11.5 Å². The van der Waals surface area contributed by atoms with E-state index in [0.717, 1.165) is 65.5 Å². The Kier molecular flexibility index (Phi) is 5.15. The van der Waals surface area contributed by atoms with Gasteiger partial charge in [-0.05, 0) is 49.1 Å². The number of anilines is 3. The van der Waals surface area contributed by atoms with Crippen LogP contribution >= 0.6 is 0 Å². The van der Waals surface area contributed by atoms with Crippen LogP contribution in [0.1, 0.15) is 24.1 Å². The number of piperidine rings is 1. The van der Waals surface area contributed by atoms with Gasteiger partial charge >= 0.3 is 0 Å². The first-order valence-electron chi connectivity index (χ1n) is 11.6. The highest BCUT2D eigenvalue weighted by molar-refractivity contribution is 5.76. The van der Waals surface area contributed by atoms with E-state index in [2.05, 4.69) is 38.4 Å². The highest BCUT2D eigenvalue weighted by atomic mass is 16.5. The van der Waals surface area contributed by atoms with Crippen LogP contribution in [0, 0.1) is 0 Å². The summed E-state index contributed by atoms with van der Waals surface area (Å²) in [5.74, 6) is 1.41. The van der Waals surface area contributed by atoms with Gasteiger partial charge in [-0.2, -0.15) is 0 Å². The molecular weight excluding hydrogens is 428 g/mol. The smallest absolute Gasteiger partial charge is 0.180 e. The number of aromatic nitrogens is 4. The Morgan fingerprint density at radius 2 is 2.15 bits per heavy atom. The summed E-state index contributed by atoms with van der Waals surface area (Å²) >= 11 is 0. The van der Waals surface area contributed by atoms with Gasteiger partial charge in [0, 0.05) is 55.2 Å². The molecule has 0 bridgehead atoms. The van der Waals surface area contributed by atoms with Gasteiger partial charge in [-0.3, -0.25) is 4.98 Å². The maximum atomic E-state index is 10.1. The number of ether oxygens (including phenoxy) is 1. The van der Waals surface area contributed by atoms with Crippen LogP contribution in [0.4, 0.5) is 17.2 Å². The Morgan fingerprint density at radius 1 is 1.21 bits per heavy atom. The lowest BCUT2D eigenvalue weighted by molar-refractivity contribution is 0.154. The molecule has 34 heavy (non-hydrogen) atoms. The van der Waals surface area contributed by atoms with Crippen molar-refractivity contribution in [1.29, 1.82) is 0 Å². The van der Waals surface area contributed by atoms with Crippen molar-refractivity contribution in [2.24, 2.45) is 0 Å². The van der Waals surface area contributed by atoms with Crippen LogP contribution in [0.15, 0.2) is 55.1 Å². The van der Waals surface area contributed by atoms with Gasteiger partial charge < -0.3 is 24.5 Å². The van der Waals surface area contributed by atoms with Gasteiger partial charge in [0.2, 0.25) is 0 Å². The molecule has 1 aliphatic carbocycles. The second-order valence-corrected chi connectivity index (χ2v) is 8.76. The van der Waals surface area contributed by atoms with Gasteiger partial charge in [-0.15, -0.1) is 0 Å². The normalized spacial score (nSPS) is 17.2. The molecule has 1 fully saturated rings. The highest BCUT2D eigenvalue weighted by Crippen LogP contribution is 2.35. The minimum absolute atomic E-state index is 0.304. The quantitative estimate of drug-likeness (QED) is 0.470. The van der Waals surface area contributed by atoms with Crippen molar-refractivity contribution >= 4 is 28.9 Å². The molecule has 1 aliphatic heterocycles. The number of rotatable bonds is 5. The van der Waals surface area contributed by atoms with E-state index in [1.807, 2.05) is 41.2 Å². The van der Waals surface area contributed by atoms with E-state index in [4.69, 9.17) is 9.72 Å². The number of nitrogens with zero attached hydrogens (tertiary/aromatic N) is 5. The van der Waals surface area contributed by atoms with E-state index in [-0.39, 0.29) is 6.10 Å². The van der Waals surface area contributed by atoms with Crippen molar-refractivity contribution < 1.29 is 9.84 Å². The standard InChI is InChI=1S/C26H26N6O2/c1-34-24-13-19(7-8-23(24)31-10-3-5-20(33)15-31)29-25-26-27-9-11-32(26)16-22(30-25)18-12-17-4-2-6-21(17)28-14-18/h2,6-9,11-14,16,20,33H,3-5,10,15H2,1H3,(H,29,30)/t20-/m0/s1. The van der Waals surface area contributed by atoms with Crippen LogP contribution < -0.4 is 15.0 Å². The molecule has 6 rings (SSSR count). The van der Waals surface area contributed by atoms with Gasteiger partial charge in [-0.25, -0.2) is 9.97 Å². The molecule has 1 atom stereocenters. The number of hydrogen-bond donors (Lipinski definition) is 2. The topological polar surface area (TPSA) is 87.8 Å². The Hall–Kier alpha value is -3.91. The molecule has 3 aromatic heterocycles. The lowest BCUT2D eigenvalue weighted by atomic mass is 10.1. The molecule has 0 saturated carbocycles. The van der Waals surface area contributed by atoms with Crippen LogP contribution in [0.3, 0.4) is 0 Å². The Morgan fingerprint density at radius 3 is 3.03 bits per heavy atom. The van der Waals surface area contributed by atoms with E-state index in [9.17, 15) is 5.11 Å². The Balaban J connectivity index is 1.34. The van der Waals surface area contributed by atoms with E-state index < -0.39 is 0 Å². The fraction of sp³-hybridized carbons (Fsp3) is 0.269. The van der Waals surface area contributed by atoms with Crippen molar-refractivity contribution in [1.82, 2.24) is 19.4 Å². The molecule has 4 heterocycles. The summed E-state index contributed by atoms with van der Waals surface area (Å²) < 4.78 is 7.67. The number of pyridine rings is 1. The van der Waals surface area contributed by atoms with Crippen molar-refractivity contribution in [3.05, 3.63) is 66.4 Å². The number of aliphatic hydroxyl groups excluding tert-OH is 1. The third kappa shape index (κ3) is 3.76. The molecule has 0 amide bonds. The fourth-order valence-corrected chi connectivity index (χ4v) is 4.75. The first-order valence-corrected chi connectivity index (χ1v) is 11.6. The number of fused-ring (bicyclic) bond motifs is 2. The van der Waals surface area contributed by atoms with E-state index in [1.54, 1.807) is 13.3 Å². The number of methoxy groups -OCH3 is 1. The molecule has 172 valence electrons. The molecule has 8 nitrogen and oxygen atoms in total. The number of imidazole rings is 1. The molecule has 8 heteroatoms. The zero-order chi connectivity index (χ0) is 23.1. The number of benzene rings is 1. The van der Waals surface area contributed by atoms with Crippen molar-refractivity contribution in [3.8, 4) is 17.0 Å². The molecule has 0 spiro atoms. The first-order chi connectivity index (χ1) is 16.7. The van der Waals surface area contributed by atoms with Crippen LogP contribution in [0.2, 0.25) is 0 Å². The summed E-state index contributed by atoms with van der Waals surface area (Å²) in [5.41, 5.74) is 6.60. The predicted octanol–water partition coefficient (Wildman–Crippen LogP) is 4.07. The Bertz CT molecular complexity index is 1400. The molecule has 0 radical (unpaired) electrons. The number of hydrogen-bond acceptors (Lipinski definition) is 7. The zero-order valence-corrected chi connectivity index (χ0v) is 19.0. The second-order valence-electron chi connectivity index (χ2n) is 8.76. The average molecular weight is 455 g/mol. The molecule has 0 unspecified atom stereocenters. The van der Waals surface area contributed by atoms with Crippen LogP contribution in [-0.4, -0.2) is 50.8 Å². The SMILES string of the molecule is COc1cc(Nc2nc(-c3cnc4c(c3)CC=C4)cn3ccnc23)ccc1N1CCC[C@H](O)C1. The average Bonchev–Trinajstić information content (AvgIpc) is 3.53. The monoisotopic (exact) mass is 454 g/mol. The summed E-state index contributed by atoms with van der Waals surface area (Å²) in [5, 5.41) is 13.5. The maximum absolute atomic E-state index is 10.1. The van der Waals surface area contributed by atoms with E-state index in [0.29, 0.717) is 12.4 Å². The van der Waals surface area contributed by atoms with Gasteiger partial charge in [0.1, 0.15) is 5.75 Å². The number of allylic oxidation sites excluding steroid dienone is 1. The minimum Gasteiger partial charge on any atom is -0.495 e. The van der Waals surface area contributed by atoms with Crippen molar-refractivity contribution in [3.63, 3.8) is 0 Å². The minimum atomic E-state index is -0.304. The first kappa shape index (κ1) is 20.7. The summed E-state index contributed by atoms with van der Waals surface area (Å²) in [7, 11) is 1.67. The van der Waals surface area contributed by atoms with Crippen molar-refractivity contribution in [2.75, 3.05) is 30.4 Å². The summed E-state index contributed by atoms with van der Waals surface area (Å²) in [6.07, 6.45) is 14.1. The van der Waals surface area contributed by atoms with Gasteiger partial charge in [0.05, 0.1) is 30.3 Å². The number of nitrogens with one attached hydrogen (secondary N) is 1. The summed E-state index contributed by atoms with van der Waals surface area (Å²) in [6.45, 7) is 1.52. The van der Waals surface area contributed by atoms with E-state index >= 15 is 0 Å². The largest absolute Gasteiger partial charge is 0.495 e. The highest BCUT2D eigenvalue weighted by Gasteiger charge is 2.21. The Labute approximate surface area is 197 Å². The lowest BCUT2D eigenvalue weighted by Gasteiger charge is -2.33. The lowest BCUT2D eigenvalue weighted by Crippen LogP contribution is -2.38. The third-order valence-corrected chi connectivity index (χ3v) is 6.46. The maximum Gasteiger partial charge on any atom is 0.180 e. The van der Waals surface area contributed by atoms with E-state index in [1.165, 1.54) is 5.56 Å². The molecule has 1 saturated heterocycles. The van der Waals surface area contributed by atoms with Crippen molar-refractivity contribution in [2.45, 2.75) is 25.4 Å². The molecular formula is C26H26N6O2. The van der Waals surface area contributed by atoms with Crippen LogP contribution in [0.25, 0.3) is 23.0 Å². The van der Waals surface area contributed by atoms with Gasteiger partial charge in [-0.1, -0.05) is 6.08 Å². The molecule has 2 aliphatic rings. The molecule has 1 aromatic carbocycles. The van der Waals surface area contributed by atoms with Crippen LogP contribution in [0.5, 0.6) is 5.75 Å². The van der Waals surface area contributed by atoms with Gasteiger partial charge in [0.25, 0.3) is 0 Å².